The quantitative estimate of drug-likeness (QED) is 0.794. The summed E-state index contributed by atoms with van der Waals surface area (Å²) in [4.78, 5) is 16.3. The number of rotatable bonds is 2. The van der Waals surface area contributed by atoms with Crippen LogP contribution in [0, 0.1) is 0 Å². The minimum atomic E-state index is -1.11. The summed E-state index contributed by atoms with van der Waals surface area (Å²) in [5.41, 5.74) is 0.0822. The van der Waals surface area contributed by atoms with Crippen molar-refractivity contribution in [3.63, 3.8) is 0 Å². The first-order valence-corrected chi connectivity index (χ1v) is 4.64. The van der Waals surface area contributed by atoms with E-state index in [1.165, 1.54) is 0 Å². The van der Waals surface area contributed by atoms with Gasteiger partial charge in [-0.1, -0.05) is 35.5 Å². The molecule has 1 aromatic carbocycles. The van der Waals surface area contributed by atoms with Gasteiger partial charge in [-0.3, -0.25) is 4.79 Å². The van der Waals surface area contributed by atoms with Crippen molar-refractivity contribution in [3.8, 4) is 0 Å². The zero-order chi connectivity index (χ0) is 10.9. The van der Waals surface area contributed by atoms with E-state index >= 15 is 0 Å². The molecule has 1 heterocycles. The van der Waals surface area contributed by atoms with Gasteiger partial charge in [0.25, 0.3) is 0 Å². The lowest BCUT2D eigenvalue weighted by atomic mass is 9.78. The zero-order valence-corrected chi connectivity index (χ0v) is 8.30. The maximum Gasteiger partial charge on any atom is 0.323 e. The minimum absolute atomic E-state index is 0.0676. The number of nitrogens with zero attached hydrogens (tertiary/aromatic N) is 1. The number of hydrogen-bond donors (Lipinski definition) is 1. The van der Waals surface area contributed by atoms with E-state index in [0.717, 1.165) is 0 Å². The monoisotopic (exact) mass is 205 g/mol. The van der Waals surface area contributed by atoms with Gasteiger partial charge in [0.1, 0.15) is 6.61 Å². The molecule has 0 unspecified atom stereocenters. The third kappa shape index (κ3) is 1.29. The second-order valence-corrected chi connectivity index (χ2v) is 3.53. The second-order valence-electron chi connectivity index (χ2n) is 3.53. The Kier molecular flexibility index (Phi) is 2.19. The van der Waals surface area contributed by atoms with Crippen molar-refractivity contribution in [1.82, 2.24) is 0 Å². The molecule has 1 aromatic rings. The molecule has 15 heavy (non-hydrogen) atoms. The minimum Gasteiger partial charge on any atom is -0.480 e. The fraction of sp³-hybridized carbons (Fsp3) is 0.273. The highest BCUT2D eigenvalue weighted by Crippen LogP contribution is 2.31. The van der Waals surface area contributed by atoms with Crippen LogP contribution in [-0.2, 0) is 15.0 Å². The summed E-state index contributed by atoms with van der Waals surface area (Å²) in [6.07, 6.45) is 0. The van der Waals surface area contributed by atoms with Gasteiger partial charge < -0.3 is 9.94 Å². The average Bonchev–Trinajstić information content (AvgIpc) is 2.62. The van der Waals surface area contributed by atoms with E-state index in [1.54, 1.807) is 19.1 Å². The lowest BCUT2D eigenvalue weighted by Gasteiger charge is -2.22. The van der Waals surface area contributed by atoms with Gasteiger partial charge in [0.15, 0.2) is 5.41 Å². The molecule has 0 radical (unpaired) electrons. The van der Waals surface area contributed by atoms with E-state index in [1.807, 2.05) is 18.2 Å². The molecule has 2 rings (SSSR count). The Balaban J connectivity index is 2.55. The Hall–Kier alpha value is -1.84. The third-order valence-electron chi connectivity index (χ3n) is 2.73. The molecule has 0 saturated carbocycles. The highest BCUT2D eigenvalue weighted by atomic mass is 16.6. The molecule has 4 heteroatoms. The van der Waals surface area contributed by atoms with Crippen LogP contribution in [-0.4, -0.2) is 23.4 Å². The van der Waals surface area contributed by atoms with Crippen LogP contribution < -0.4 is 0 Å². The van der Waals surface area contributed by atoms with E-state index in [2.05, 4.69) is 5.16 Å². The van der Waals surface area contributed by atoms with Crippen LogP contribution in [0.1, 0.15) is 12.5 Å². The maximum atomic E-state index is 11.4. The van der Waals surface area contributed by atoms with Crippen molar-refractivity contribution >= 4 is 11.7 Å². The molecule has 4 nitrogen and oxygen atoms in total. The summed E-state index contributed by atoms with van der Waals surface area (Å²) in [6.45, 7) is 1.74. The fourth-order valence-electron chi connectivity index (χ4n) is 1.76. The summed E-state index contributed by atoms with van der Waals surface area (Å²) >= 11 is 0. The van der Waals surface area contributed by atoms with Crippen LogP contribution in [0.4, 0.5) is 0 Å². The normalized spacial score (nSPS) is 24.5. The van der Waals surface area contributed by atoms with Crippen LogP contribution in [0.2, 0.25) is 0 Å². The van der Waals surface area contributed by atoms with Crippen LogP contribution in [0.15, 0.2) is 35.5 Å². The molecule has 0 bridgehead atoms. The lowest BCUT2D eigenvalue weighted by Crippen LogP contribution is -2.43. The van der Waals surface area contributed by atoms with Gasteiger partial charge in [-0.2, -0.15) is 0 Å². The van der Waals surface area contributed by atoms with E-state index in [-0.39, 0.29) is 6.61 Å². The molecule has 78 valence electrons. The molecule has 0 fully saturated rings. The third-order valence-corrected chi connectivity index (χ3v) is 2.73. The first kappa shape index (κ1) is 9.71. The van der Waals surface area contributed by atoms with Crippen LogP contribution in [0.25, 0.3) is 0 Å². The zero-order valence-electron chi connectivity index (χ0n) is 8.30. The number of carboxylic acids is 1. The van der Waals surface area contributed by atoms with E-state index in [0.29, 0.717) is 11.3 Å². The van der Waals surface area contributed by atoms with Crippen molar-refractivity contribution < 1.29 is 14.7 Å². The number of carboxylic acid groups (broad SMARTS) is 1. The fourth-order valence-corrected chi connectivity index (χ4v) is 1.76. The number of aliphatic carboxylic acids is 1. The van der Waals surface area contributed by atoms with Crippen molar-refractivity contribution in [2.24, 2.45) is 5.16 Å². The van der Waals surface area contributed by atoms with Crippen LogP contribution >= 0.6 is 0 Å². The van der Waals surface area contributed by atoms with Crippen molar-refractivity contribution in [2.75, 3.05) is 6.61 Å². The van der Waals surface area contributed by atoms with Gasteiger partial charge in [-0.05, 0) is 12.5 Å². The molecule has 0 amide bonds. The van der Waals surface area contributed by atoms with Gasteiger partial charge in [-0.15, -0.1) is 0 Å². The van der Waals surface area contributed by atoms with Crippen LogP contribution in [0.3, 0.4) is 0 Å². The Labute approximate surface area is 87.2 Å². The molecule has 1 N–H and O–H groups in total. The molecular formula is C11H11NO3. The summed E-state index contributed by atoms with van der Waals surface area (Å²) in [5.74, 6) is -0.924. The Morgan fingerprint density at radius 2 is 2.13 bits per heavy atom. The molecule has 1 atom stereocenters. The smallest absolute Gasteiger partial charge is 0.323 e. The van der Waals surface area contributed by atoms with Gasteiger partial charge >= 0.3 is 5.97 Å². The molecule has 0 aromatic heterocycles. The average molecular weight is 205 g/mol. The topological polar surface area (TPSA) is 58.9 Å². The first-order chi connectivity index (χ1) is 7.18. The van der Waals surface area contributed by atoms with Gasteiger partial charge in [0, 0.05) is 0 Å². The summed E-state index contributed by atoms with van der Waals surface area (Å²) in [5, 5.41) is 13.0. The molecular weight excluding hydrogens is 194 g/mol. The van der Waals surface area contributed by atoms with E-state index in [4.69, 9.17) is 4.84 Å². The predicted octanol–water partition coefficient (Wildman–Crippen LogP) is 1.42. The van der Waals surface area contributed by atoms with E-state index in [9.17, 15) is 9.90 Å². The molecule has 0 aliphatic carbocycles. The summed E-state index contributed by atoms with van der Waals surface area (Å²) < 4.78 is 0. The SMILES string of the molecule is CC1=NOC[C@@]1(C(=O)O)c1ccccc1. The largest absolute Gasteiger partial charge is 0.480 e. The van der Waals surface area contributed by atoms with Gasteiger partial charge in [0.2, 0.25) is 0 Å². The Bertz CT molecular complexity index is 413. The first-order valence-electron chi connectivity index (χ1n) is 4.64. The second kappa shape index (κ2) is 3.38. The summed E-state index contributed by atoms with van der Waals surface area (Å²) in [6, 6.07) is 9.03. The highest BCUT2D eigenvalue weighted by Gasteiger charge is 2.48. The Morgan fingerprint density at radius 3 is 2.60 bits per heavy atom. The Morgan fingerprint density at radius 1 is 1.47 bits per heavy atom. The molecule has 1 aliphatic rings. The van der Waals surface area contributed by atoms with Crippen molar-refractivity contribution in [1.29, 1.82) is 0 Å². The molecule has 0 spiro atoms. The maximum absolute atomic E-state index is 11.4. The number of hydrogen-bond acceptors (Lipinski definition) is 3. The highest BCUT2D eigenvalue weighted by molar-refractivity contribution is 6.11. The van der Waals surface area contributed by atoms with Gasteiger partial charge in [-0.25, -0.2) is 0 Å². The number of oxime groups is 1. The van der Waals surface area contributed by atoms with Crippen LogP contribution in [0.5, 0.6) is 0 Å². The number of carbonyl (C=O) groups is 1. The molecule has 0 saturated heterocycles. The lowest BCUT2D eigenvalue weighted by molar-refractivity contribution is -0.142. The van der Waals surface area contributed by atoms with E-state index < -0.39 is 11.4 Å². The molecule has 1 aliphatic heterocycles. The van der Waals surface area contributed by atoms with Crippen molar-refractivity contribution in [2.45, 2.75) is 12.3 Å². The van der Waals surface area contributed by atoms with Crippen molar-refractivity contribution in [3.05, 3.63) is 35.9 Å². The summed E-state index contributed by atoms with van der Waals surface area (Å²) in [7, 11) is 0. The standard InChI is InChI=1S/C11H11NO3/c1-8-11(10(13)14,7-15-12-8)9-5-3-2-4-6-9/h2-6H,7H2,1H3,(H,13,14)/t11-/m0/s1. The predicted molar refractivity (Wildman–Crippen MR) is 54.8 cm³/mol. The van der Waals surface area contributed by atoms with Gasteiger partial charge in [0.05, 0.1) is 5.71 Å². The number of benzene rings is 1.